The molecule has 7 nitrogen and oxygen atoms in total. The Morgan fingerprint density at radius 1 is 1.04 bits per heavy atom. The van der Waals surface area contributed by atoms with Crippen molar-refractivity contribution in [3.63, 3.8) is 0 Å². The van der Waals surface area contributed by atoms with Crippen LogP contribution in [-0.2, 0) is 6.42 Å². The van der Waals surface area contributed by atoms with Gasteiger partial charge in [0.2, 0.25) is 0 Å². The first-order valence-electron chi connectivity index (χ1n) is 9.20. The third-order valence-electron chi connectivity index (χ3n) is 5.38. The predicted molar refractivity (Wildman–Crippen MR) is 98.4 cm³/mol. The van der Waals surface area contributed by atoms with Crippen molar-refractivity contribution >= 4 is 22.9 Å². The molecule has 0 N–H and O–H groups in total. The van der Waals surface area contributed by atoms with E-state index in [1.807, 2.05) is 24.7 Å². The van der Waals surface area contributed by atoms with Crippen LogP contribution in [-0.4, -0.2) is 42.9 Å². The molecule has 1 saturated carbocycles. The highest BCUT2D eigenvalue weighted by molar-refractivity contribution is 6.36. The number of nitrogens with zero attached hydrogens (tertiary/aromatic N) is 7. The number of piperidine rings is 1. The van der Waals surface area contributed by atoms with Gasteiger partial charge in [0.15, 0.2) is 11.5 Å². The Labute approximate surface area is 156 Å². The van der Waals surface area contributed by atoms with Gasteiger partial charge in [-0.15, -0.1) is 10.2 Å². The van der Waals surface area contributed by atoms with Crippen LogP contribution >= 0.6 is 11.6 Å². The van der Waals surface area contributed by atoms with Crippen molar-refractivity contribution in [3.8, 4) is 0 Å². The van der Waals surface area contributed by atoms with Crippen LogP contribution in [0, 0.1) is 5.92 Å². The zero-order valence-electron chi connectivity index (χ0n) is 14.4. The van der Waals surface area contributed by atoms with Crippen molar-refractivity contribution in [1.29, 1.82) is 0 Å². The average Bonchev–Trinajstić information content (AvgIpc) is 3.42. The highest BCUT2D eigenvalue weighted by Gasteiger charge is 2.27. The predicted octanol–water partition coefficient (Wildman–Crippen LogP) is 2.90. The summed E-state index contributed by atoms with van der Waals surface area (Å²) in [5, 5.41) is 13.8. The minimum absolute atomic E-state index is 0.404. The lowest BCUT2D eigenvalue weighted by atomic mass is 9.95. The van der Waals surface area contributed by atoms with Crippen molar-refractivity contribution in [1.82, 2.24) is 29.8 Å². The third kappa shape index (κ3) is 2.90. The average molecular weight is 370 g/mol. The molecule has 1 aliphatic heterocycles. The lowest BCUT2D eigenvalue weighted by molar-refractivity contribution is 0.485. The van der Waals surface area contributed by atoms with Gasteiger partial charge in [-0.2, -0.15) is 9.61 Å². The van der Waals surface area contributed by atoms with Crippen molar-refractivity contribution in [3.05, 3.63) is 41.3 Å². The molecule has 2 fully saturated rings. The van der Waals surface area contributed by atoms with Gasteiger partial charge in [-0.1, -0.05) is 11.6 Å². The Bertz CT molecular complexity index is 914. The summed E-state index contributed by atoms with van der Waals surface area (Å²) in [6.07, 6.45) is 11.0. The van der Waals surface area contributed by atoms with Gasteiger partial charge in [-0.05, 0) is 37.7 Å². The maximum absolute atomic E-state index is 6.66. The molecular formula is C18H20ClN7. The summed E-state index contributed by atoms with van der Waals surface area (Å²) in [5.74, 6) is 2.99. The molecule has 4 heterocycles. The molecule has 0 unspecified atom stereocenters. The number of hydrogen-bond acceptors (Lipinski definition) is 6. The highest BCUT2D eigenvalue weighted by Crippen LogP contribution is 2.35. The summed E-state index contributed by atoms with van der Waals surface area (Å²) in [4.78, 5) is 11.1. The fraction of sp³-hybridized carbons (Fsp3) is 0.500. The smallest absolute Gasteiger partial charge is 0.198 e. The monoisotopic (exact) mass is 369 g/mol. The largest absolute Gasteiger partial charge is 0.369 e. The van der Waals surface area contributed by atoms with E-state index in [9.17, 15) is 0 Å². The van der Waals surface area contributed by atoms with Gasteiger partial charge in [0, 0.05) is 37.8 Å². The maximum atomic E-state index is 6.66. The summed E-state index contributed by atoms with van der Waals surface area (Å²) in [6, 6.07) is 1.86. The first-order chi connectivity index (χ1) is 12.8. The highest BCUT2D eigenvalue weighted by atomic mass is 35.5. The van der Waals surface area contributed by atoms with Crippen molar-refractivity contribution in [2.45, 2.75) is 38.0 Å². The first kappa shape index (κ1) is 15.9. The minimum atomic E-state index is 0.404. The van der Waals surface area contributed by atoms with Gasteiger partial charge in [0.1, 0.15) is 10.8 Å². The lowest BCUT2D eigenvalue weighted by Gasteiger charge is -2.33. The molecular weight excluding hydrogens is 350 g/mol. The summed E-state index contributed by atoms with van der Waals surface area (Å²) in [5.41, 5.74) is 1.60. The van der Waals surface area contributed by atoms with E-state index in [0.29, 0.717) is 16.6 Å². The van der Waals surface area contributed by atoms with Gasteiger partial charge in [-0.3, -0.25) is 0 Å². The Morgan fingerprint density at radius 3 is 2.54 bits per heavy atom. The van der Waals surface area contributed by atoms with Crippen LogP contribution in [0.3, 0.4) is 0 Å². The number of hydrogen-bond donors (Lipinski definition) is 0. The van der Waals surface area contributed by atoms with Gasteiger partial charge in [0.25, 0.3) is 0 Å². The number of aromatic nitrogens is 6. The maximum Gasteiger partial charge on any atom is 0.198 e. The van der Waals surface area contributed by atoms with E-state index >= 15 is 0 Å². The van der Waals surface area contributed by atoms with E-state index < -0.39 is 0 Å². The molecule has 0 atom stereocenters. The molecule has 134 valence electrons. The number of halogens is 1. The minimum Gasteiger partial charge on any atom is -0.369 e. The molecule has 1 saturated heterocycles. The SMILES string of the molecule is Clc1c(N2CCC(c3ncccn3)CC2)cnn2c(CC3CC3)nnc12. The van der Waals surface area contributed by atoms with Crippen molar-refractivity contribution < 1.29 is 0 Å². The number of anilines is 1. The Morgan fingerprint density at radius 2 is 1.81 bits per heavy atom. The van der Waals surface area contributed by atoms with Gasteiger partial charge in [0.05, 0.1) is 11.9 Å². The topological polar surface area (TPSA) is 72.1 Å². The number of rotatable bonds is 4. The molecule has 0 amide bonds. The molecule has 0 spiro atoms. The van der Waals surface area contributed by atoms with E-state index in [1.54, 1.807) is 4.52 Å². The molecule has 3 aromatic heterocycles. The second kappa shape index (κ2) is 6.46. The molecule has 1 aliphatic carbocycles. The fourth-order valence-corrected chi connectivity index (χ4v) is 3.97. The van der Waals surface area contributed by atoms with E-state index in [4.69, 9.17) is 11.6 Å². The fourth-order valence-electron chi connectivity index (χ4n) is 3.68. The van der Waals surface area contributed by atoms with Crippen LogP contribution in [0.1, 0.15) is 43.3 Å². The molecule has 3 aromatic rings. The quantitative estimate of drug-likeness (QED) is 0.704. The summed E-state index contributed by atoms with van der Waals surface area (Å²) in [6.45, 7) is 1.81. The molecule has 26 heavy (non-hydrogen) atoms. The third-order valence-corrected chi connectivity index (χ3v) is 5.74. The second-order valence-corrected chi connectivity index (χ2v) is 7.59. The van der Waals surface area contributed by atoms with E-state index in [2.05, 4.69) is 30.2 Å². The summed E-state index contributed by atoms with van der Waals surface area (Å²) >= 11 is 6.66. The van der Waals surface area contributed by atoms with Crippen LogP contribution in [0.5, 0.6) is 0 Å². The molecule has 5 rings (SSSR count). The van der Waals surface area contributed by atoms with E-state index in [0.717, 1.165) is 55.6 Å². The molecule has 0 bridgehead atoms. The zero-order valence-corrected chi connectivity index (χ0v) is 15.2. The van der Waals surface area contributed by atoms with Crippen LogP contribution in [0.25, 0.3) is 5.65 Å². The molecule has 8 heteroatoms. The number of fused-ring (bicyclic) bond motifs is 1. The molecule has 0 radical (unpaired) electrons. The zero-order chi connectivity index (χ0) is 17.5. The standard InChI is InChI=1S/C18H20ClN7/c19-16-14(11-22-26-15(10-12-2-3-12)23-24-18(16)26)25-8-4-13(5-9-25)17-20-6-1-7-21-17/h1,6-7,11-13H,2-5,8-10H2. The lowest BCUT2D eigenvalue weighted by Crippen LogP contribution is -2.33. The first-order valence-corrected chi connectivity index (χ1v) is 9.58. The summed E-state index contributed by atoms with van der Waals surface area (Å²) < 4.78 is 1.80. The Hall–Kier alpha value is -2.28. The summed E-state index contributed by atoms with van der Waals surface area (Å²) in [7, 11) is 0. The van der Waals surface area contributed by atoms with Gasteiger partial charge >= 0.3 is 0 Å². The van der Waals surface area contributed by atoms with E-state index in [1.165, 1.54) is 12.8 Å². The van der Waals surface area contributed by atoms with Crippen LogP contribution in [0.4, 0.5) is 5.69 Å². The van der Waals surface area contributed by atoms with Crippen molar-refractivity contribution in [2.75, 3.05) is 18.0 Å². The molecule has 0 aromatic carbocycles. The van der Waals surface area contributed by atoms with Crippen LogP contribution in [0.15, 0.2) is 24.7 Å². The second-order valence-electron chi connectivity index (χ2n) is 7.21. The van der Waals surface area contributed by atoms with E-state index in [-0.39, 0.29) is 0 Å². The van der Waals surface area contributed by atoms with Gasteiger partial charge in [-0.25, -0.2) is 9.97 Å². The van der Waals surface area contributed by atoms with Crippen LogP contribution < -0.4 is 4.90 Å². The van der Waals surface area contributed by atoms with Gasteiger partial charge < -0.3 is 4.90 Å². The Kier molecular flexibility index (Phi) is 3.96. The molecule has 2 aliphatic rings. The Balaban J connectivity index is 1.35. The van der Waals surface area contributed by atoms with Crippen molar-refractivity contribution in [2.24, 2.45) is 5.92 Å². The van der Waals surface area contributed by atoms with Crippen LogP contribution in [0.2, 0.25) is 5.02 Å². The normalized spacial score (nSPS) is 18.6.